The van der Waals surface area contributed by atoms with Crippen LogP contribution in [0.2, 0.25) is 0 Å². The molecule has 5 nitrogen and oxygen atoms in total. The number of hydrogen-bond donors (Lipinski definition) is 1. The minimum absolute atomic E-state index is 0.264. The van der Waals surface area contributed by atoms with E-state index >= 15 is 0 Å². The van der Waals surface area contributed by atoms with Crippen LogP contribution < -0.4 is 4.74 Å². The van der Waals surface area contributed by atoms with Gasteiger partial charge in [0.2, 0.25) is 5.89 Å². The van der Waals surface area contributed by atoms with E-state index in [1.807, 2.05) is 66.7 Å². The lowest BCUT2D eigenvalue weighted by Crippen LogP contribution is -2.09. The molecule has 0 unspecified atom stereocenters. The average molecular weight is 452 g/mol. The summed E-state index contributed by atoms with van der Waals surface area (Å²) in [5, 5.41) is 8.87. The fourth-order valence-electron chi connectivity index (χ4n) is 4.45. The van der Waals surface area contributed by atoms with Gasteiger partial charge in [-0.15, -0.1) is 0 Å². The van der Waals surface area contributed by atoms with E-state index in [-0.39, 0.29) is 12.5 Å². The molecule has 3 aromatic carbocycles. The third-order valence-electron chi connectivity index (χ3n) is 6.02. The van der Waals surface area contributed by atoms with Crippen molar-refractivity contribution in [2.24, 2.45) is 5.92 Å². The van der Waals surface area contributed by atoms with Gasteiger partial charge in [-0.2, -0.15) is 0 Å². The van der Waals surface area contributed by atoms with Gasteiger partial charge in [0, 0.05) is 16.7 Å². The summed E-state index contributed by atoms with van der Waals surface area (Å²) in [5.74, 6) is 1.28. The van der Waals surface area contributed by atoms with Crippen LogP contribution in [-0.4, -0.2) is 22.7 Å². The average Bonchev–Trinajstić information content (AvgIpc) is 3.51. The smallest absolute Gasteiger partial charge is 0.341 e. The number of carboxylic acid groups (broad SMARTS) is 1. The fourth-order valence-corrected chi connectivity index (χ4v) is 4.45. The Bertz CT molecular complexity index is 1250. The number of hydrogen-bond acceptors (Lipinski definition) is 4. The topological polar surface area (TPSA) is 72.6 Å². The van der Waals surface area contributed by atoms with E-state index in [0.717, 1.165) is 53.0 Å². The normalized spacial score (nSPS) is 15.2. The van der Waals surface area contributed by atoms with Crippen LogP contribution in [0.5, 0.6) is 5.75 Å². The summed E-state index contributed by atoms with van der Waals surface area (Å²) in [6, 6.07) is 27.8. The minimum Gasteiger partial charge on any atom is -0.482 e. The molecule has 170 valence electrons. The van der Waals surface area contributed by atoms with Crippen LogP contribution >= 0.6 is 0 Å². The maximum atomic E-state index is 10.8. The first-order valence-electron chi connectivity index (χ1n) is 11.4. The molecule has 1 N–H and O–H groups in total. The quantitative estimate of drug-likeness (QED) is 0.331. The number of rotatable bonds is 8. The van der Waals surface area contributed by atoms with Crippen LogP contribution in [0.1, 0.15) is 24.3 Å². The van der Waals surface area contributed by atoms with Crippen molar-refractivity contribution >= 4 is 11.5 Å². The number of carbonyl (C=O) groups is 1. The van der Waals surface area contributed by atoms with Gasteiger partial charge in [-0.05, 0) is 42.9 Å². The van der Waals surface area contributed by atoms with Gasteiger partial charge >= 0.3 is 5.97 Å². The number of carboxylic acids is 1. The van der Waals surface area contributed by atoms with E-state index < -0.39 is 5.97 Å². The summed E-state index contributed by atoms with van der Waals surface area (Å²) in [6.45, 7) is -0.348. The van der Waals surface area contributed by atoms with E-state index in [1.54, 1.807) is 6.07 Å². The number of benzene rings is 3. The Morgan fingerprint density at radius 2 is 1.71 bits per heavy atom. The SMILES string of the molecule is O=C(O)COc1cccc(C[C@H]2CCC=C2c2nc(-c3ccccc3)c(-c3ccccc3)o2)c1. The molecule has 1 heterocycles. The maximum Gasteiger partial charge on any atom is 0.341 e. The van der Waals surface area contributed by atoms with Crippen molar-refractivity contribution in [2.75, 3.05) is 6.61 Å². The van der Waals surface area contributed by atoms with E-state index in [1.165, 1.54) is 0 Å². The second-order valence-corrected chi connectivity index (χ2v) is 8.40. The van der Waals surface area contributed by atoms with Crippen molar-refractivity contribution in [1.29, 1.82) is 0 Å². The zero-order valence-electron chi connectivity index (χ0n) is 18.7. The maximum absolute atomic E-state index is 10.8. The van der Waals surface area contributed by atoms with Crippen LogP contribution in [0, 0.1) is 5.92 Å². The van der Waals surface area contributed by atoms with Crippen LogP contribution in [-0.2, 0) is 11.2 Å². The molecule has 1 aromatic heterocycles. The molecule has 1 aliphatic carbocycles. The Morgan fingerprint density at radius 3 is 2.44 bits per heavy atom. The Kier molecular flexibility index (Phi) is 6.25. The van der Waals surface area contributed by atoms with Gasteiger partial charge in [0.1, 0.15) is 11.4 Å². The largest absolute Gasteiger partial charge is 0.482 e. The summed E-state index contributed by atoms with van der Waals surface area (Å²) < 4.78 is 11.8. The standard InChI is InChI=1S/C29H25NO4/c31-26(32)19-33-24-15-7-9-20(18-24)17-23-14-8-16-25(23)29-30-27(21-10-3-1-4-11-21)28(34-29)22-12-5-2-6-13-22/h1-7,9-13,15-16,18,23H,8,14,17,19H2,(H,31,32)/t23-/m1/s1. The van der Waals surface area contributed by atoms with Gasteiger partial charge in [-0.1, -0.05) is 78.9 Å². The molecule has 0 bridgehead atoms. The third-order valence-corrected chi connectivity index (χ3v) is 6.02. The Hall–Kier alpha value is -4.12. The molecule has 0 fully saturated rings. The highest BCUT2D eigenvalue weighted by Gasteiger charge is 2.27. The number of ether oxygens (including phenoxy) is 1. The molecular weight excluding hydrogens is 426 g/mol. The minimum atomic E-state index is -0.987. The lowest BCUT2D eigenvalue weighted by atomic mass is 9.93. The highest BCUT2D eigenvalue weighted by atomic mass is 16.5. The van der Waals surface area contributed by atoms with Crippen molar-refractivity contribution in [3.8, 4) is 28.3 Å². The van der Waals surface area contributed by atoms with Crippen LogP contribution in [0.25, 0.3) is 28.2 Å². The highest BCUT2D eigenvalue weighted by Crippen LogP contribution is 2.40. The van der Waals surface area contributed by atoms with Gasteiger partial charge in [0.25, 0.3) is 0 Å². The lowest BCUT2D eigenvalue weighted by Gasteiger charge is -2.14. The molecule has 1 atom stereocenters. The van der Waals surface area contributed by atoms with E-state index in [9.17, 15) is 4.79 Å². The Balaban J connectivity index is 1.44. The second-order valence-electron chi connectivity index (χ2n) is 8.40. The van der Waals surface area contributed by atoms with Crippen molar-refractivity contribution in [3.63, 3.8) is 0 Å². The molecule has 4 aromatic rings. The number of aliphatic carboxylic acids is 1. The van der Waals surface area contributed by atoms with Gasteiger partial charge in [0.15, 0.2) is 12.4 Å². The first-order chi connectivity index (χ1) is 16.7. The van der Waals surface area contributed by atoms with E-state index in [4.69, 9.17) is 19.2 Å². The molecule has 0 spiro atoms. The van der Waals surface area contributed by atoms with Crippen LogP contribution in [0.4, 0.5) is 0 Å². The molecule has 0 aliphatic heterocycles. The first-order valence-corrected chi connectivity index (χ1v) is 11.4. The van der Waals surface area contributed by atoms with Crippen molar-refractivity contribution < 1.29 is 19.1 Å². The first kappa shape index (κ1) is 21.7. The molecule has 0 saturated heterocycles. The summed E-state index contributed by atoms with van der Waals surface area (Å²) in [6.07, 6.45) is 5.02. The van der Waals surface area contributed by atoms with Crippen LogP contribution in [0.3, 0.4) is 0 Å². The Labute approximate surface area is 198 Å². The van der Waals surface area contributed by atoms with Gasteiger partial charge < -0.3 is 14.3 Å². The third kappa shape index (κ3) is 4.79. The van der Waals surface area contributed by atoms with Gasteiger partial charge in [-0.3, -0.25) is 0 Å². The van der Waals surface area contributed by atoms with Crippen LogP contribution in [0.15, 0.2) is 95.4 Å². The van der Waals surface area contributed by atoms with E-state index in [0.29, 0.717) is 11.6 Å². The molecule has 5 rings (SSSR count). The summed E-state index contributed by atoms with van der Waals surface area (Å²) in [4.78, 5) is 15.8. The Morgan fingerprint density at radius 1 is 0.971 bits per heavy atom. The molecule has 5 heteroatoms. The monoisotopic (exact) mass is 451 g/mol. The zero-order valence-corrected chi connectivity index (χ0v) is 18.7. The van der Waals surface area contributed by atoms with Crippen molar-refractivity contribution in [2.45, 2.75) is 19.3 Å². The fraction of sp³-hybridized carbons (Fsp3) is 0.172. The number of aromatic nitrogens is 1. The van der Waals surface area contributed by atoms with Crippen molar-refractivity contribution in [3.05, 3.63) is 102 Å². The number of nitrogens with zero attached hydrogens (tertiary/aromatic N) is 1. The summed E-state index contributed by atoms with van der Waals surface area (Å²) in [5.41, 5.74) is 5.08. The van der Waals surface area contributed by atoms with E-state index in [2.05, 4.69) is 18.2 Å². The molecule has 34 heavy (non-hydrogen) atoms. The zero-order chi connectivity index (χ0) is 23.3. The second kappa shape index (κ2) is 9.79. The van der Waals surface area contributed by atoms with Gasteiger partial charge in [0.05, 0.1) is 0 Å². The molecule has 0 saturated carbocycles. The number of oxazole rings is 1. The summed E-state index contributed by atoms with van der Waals surface area (Å²) >= 11 is 0. The number of allylic oxidation sites excluding steroid dienone is 2. The lowest BCUT2D eigenvalue weighted by molar-refractivity contribution is -0.139. The van der Waals surface area contributed by atoms with Crippen molar-refractivity contribution in [1.82, 2.24) is 4.98 Å². The highest BCUT2D eigenvalue weighted by molar-refractivity contribution is 5.79. The van der Waals surface area contributed by atoms with Gasteiger partial charge in [-0.25, -0.2) is 9.78 Å². The molecule has 1 aliphatic rings. The molecular formula is C29H25NO4. The molecule has 0 radical (unpaired) electrons. The summed E-state index contributed by atoms with van der Waals surface area (Å²) in [7, 11) is 0. The predicted molar refractivity (Wildman–Crippen MR) is 131 cm³/mol. The predicted octanol–water partition coefficient (Wildman–Crippen LogP) is 6.51. The molecule has 0 amide bonds.